The van der Waals surface area contributed by atoms with Crippen LogP contribution in [-0.4, -0.2) is 23.5 Å². The molecule has 0 spiro atoms. The maximum Gasteiger partial charge on any atom is 0.303 e. The van der Waals surface area contributed by atoms with E-state index in [0.29, 0.717) is 6.54 Å². The molecular weight excluding hydrogens is 240 g/mol. The third-order valence-corrected chi connectivity index (χ3v) is 3.24. The van der Waals surface area contributed by atoms with Crippen molar-refractivity contribution in [2.45, 2.75) is 19.4 Å². The summed E-state index contributed by atoms with van der Waals surface area (Å²) < 4.78 is 0. The van der Waals surface area contributed by atoms with E-state index >= 15 is 0 Å². The number of thiophene rings is 1. The molecule has 0 fully saturated rings. The Bertz CT molecular complexity index is 378. The van der Waals surface area contributed by atoms with Crippen LogP contribution >= 0.6 is 11.3 Å². The molecule has 0 bridgehead atoms. The summed E-state index contributed by atoms with van der Waals surface area (Å²) in [6, 6.07) is 2.96. The van der Waals surface area contributed by atoms with E-state index in [-0.39, 0.29) is 18.2 Å². The maximum atomic E-state index is 11.7. The summed E-state index contributed by atoms with van der Waals surface area (Å²) in [5, 5.41) is 13.1. The highest BCUT2D eigenvalue weighted by molar-refractivity contribution is 7.10. The van der Waals surface area contributed by atoms with Crippen LogP contribution in [-0.2, 0) is 9.59 Å². The predicted molar refractivity (Wildman–Crippen MR) is 65.7 cm³/mol. The lowest BCUT2D eigenvalue weighted by Gasteiger charge is -2.13. The van der Waals surface area contributed by atoms with E-state index < -0.39 is 12.0 Å². The van der Waals surface area contributed by atoms with Crippen molar-refractivity contribution in [3.05, 3.63) is 22.4 Å². The Morgan fingerprint density at radius 3 is 2.82 bits per heavy atom. The zero-order chi connectivity index (χ0) is 12.8. The zero-order valence-electron chi connectivity index (χ0n) is 9.55. The third kappa shape index (κ3) is 4.54. The molecular formula is C11H16N2O3S. The average Bonchev–Trinajstić information content (AvgIpc) is 2.77. The van der Waals surface area contributed by atoms with E-state index in [9.17, 15) is 9.59 Å². The van der Waals surface area contributed by atoms with E-state index in [1.807, 2.05) is 11.4 Å². The van der Waals surface area contributed by atoms with E-state index in [0.717, 1.165) is 4.88 Å². The lowest BCUT2D eigenvalue weighted by atomic mass is 10.1. The molecule has 4 N–H and O–H groups in total. The zero-order valence-corrected chi connectivity index (χ0v) is 10.4. The van der Waals surface area contributed by atoms with Crippen molar-refractivity contribution in [2.75, 3.05) is 6.54 Å². The molecule has 1 rings (SSSR count). The lowest BCUT2D eigenvalue weighted by molar-refractivity contribution is -0.138. The van der Waals surface area contributed by atoms with Crippen molar-refractivity contribution in [3.63, 3.8) is 0 Å². The maximum absolute atomic E-state index is 11.7. The smallest absolute Gasteiger partial charge is 0.303 e. The van der Waals surface area contributed by atoms with Gasteiger partial charge in [0, 0.05) is 17.8 Å². The number of nitrogens with two attached hydrogens (primary N) is 1. The predicted octanol–water partition coefficient (Wildman–Crippen LogP) is 0.975. The molecule has 0 aliphatic rings. The summed E-state index contributed by atoms with van der Waals surface area (Å²) in [6.07, 6.45) is 0.0362. The minimum Gasteiger partial charge on any atom is -0.481 e. The van der Waals surface area contributed by atoms with Crippen LogP contribution < -0.4 is 11.1 Å². The number of amides is 1. The highest BCUT2D eigenvalue weighted by atomic mass is 32.1. The number of hydrogen-bond donors (Lipinski definition) is 3. The molecule has 5 nitrogen and oxygen atoms in total. The minimum atomic E-state index is -0.866. The second kappa shape index (κ2) is 6.36. The van der Waals surface area contributed by atoms with Crippen molar-refractivity contribution >= 4 is 23.2 Å². The molecule has 0 aliphatic carbocycles. The standard InChI is InChI=1S/C11H16N2O3S/c1-7(5-9(14)15)6-13-11(16)10(12)8-3-2-4-17-8/h2-4,7,10H,5-6,12H2,1H3,(H,13,16)(H,14,15). The lowest BCUT2D eigenvalue weighted by Crippen LogP contribution is -2.36. The first kappa shape index (κ1) is 13.7. The molecule has 2 unspecified atom stereocenters. The number of hydrogen-bond acceptors (Lipinski definition) is 4. The quantitative estimate of drug-likeness (QED) is 0.707. The SMILES string of the molecule is CC(CNC(=O)C(N)c1cccs1)CC(=O)O. The van der Waals surface area contributed by atoms with Gasteiger partial charge in [0.2, 0.25) is 5.91 Å². The molecule has 17 heavy (non-hydrogen) atoms. The van der Waals surface area contributed by atoms with Gasteiger partial charge in [0.1, 0.15) is 6.04 Å². The fourth-order valence-corrected chi connectivity index (χ4v) is 2.08. The van der Waals surface area contributed by atoms with E-state index in [2.05, 4.69) is 5.32 Å². The molecule has 1 aromatic rings. The Kier molecular flexibility index (Phi) is 5.11. The monoisotopic (exact) mass is 256 g/mol. The van der Waals surface area contributed by atoms with Crippen molar-refractivity contribution in [1.82, 2.24) is 5.32 Å². The van der Waals surface area contributed by atoms with Gasteiger partial charge in [-0.05, 0) is 17.4 Å². The van der Waals surface area contributed by atoms with Crippen molar-refractivity contribution in [3.8, 4) is 0 Å². The Labute approximate surface area is 104 Å². The minimum absolute atomic E-state index is 0.0362. The third-order valence-electron chi connectivity index (χ3n) is 2.28. The number of carboxylic acids is 1. The van der Waals surface area contributed by atoms with E-state index in [1.165, 1.54) is 11.3 Å². The van der Waals surface area contributed by atoms with E-state index in [4.69, 9.17) is 10.8 Å². The van der Waals surface area contributed by atoms with Gasteiger partial charge in [0.05, 0.1) is 0 Å². The topological polar surface area (TPSA) is 92.4 Å². The van der Waals surface area contributed by atoms with Gasteiger partial charge in [-0.3, -0.25) is 9.59 Å². The molecule has 2 atom stereocenters. The van der Waals surface area contributed by atoms with Gasteiger partial charge in [-0.25, -0.2) is 0 Å². The second-order valence-electron chi connectivity index (χ2n) is 3.94. The van der Waals surface area contributed by atoms with Gasteiger partial charge in [-0.2, -0.15) is 0 Å². The number of carboxylic acid groups (broad SMARTS) is 1. The van der Waals surface area contributed by atoms with Gasteiger partial charge in [0.15, 0.2) is 0 Å². The summed E-state index contributed by atoms with van der Waals surface area (Å²) in [5.41, 5.74) is 5.75. The molecule has 0 aliphatic heterocycles. The van der Waals surface area contributed by atoms with Gasteiger partial charge in [-0.1, -0.05) is 13.0 Å². The van der Waals surface area contributed by atoms with Crippen LogP contribution in [0.1, 0.15) is 24.3 Å². The summed E-state index contributed by atoms with van der Waals surface area (Å²) in [6.45, 7) is 2.09. The van der Waals surface area contributed by atoms with Gasteiger partial charge in [-0.15, -0.1) is 11.3 Å². The van der Waals surface area contributed by atoms with Gasteiger partial charge in [0.25, 0.3) is 0 Å². The van der Waals surface area contributed by atoms with Crippen LogP contribution in [0.5, 0.6) is 0 Å². The largest absolute Gasteiger partial charge is 0.481 e. The summed E-state index contributed by atoms with van der Waals surface area (Å²) in [7, 11) is 0. The highest BCUT2D eigenvalue weighted by Crippen LogP contribution is 2.16. The van der Waals surface area contributed by atoms with Gasteiger partial charge < -0.3 is 16.2 Å². The molecule has 1 aromatic heterocycles. The fourth-order valence-electron chi connectivity index (χ4n) is 1.35. The van der Waals surface area contributed by atoms with Crippen molar-refractivity contribution in [2.24, 2.45) is 11.7 Å². The highest BCUT2D eigenvalue weighted by Gasteiger charge is 2.17. The van der Waals surface area contributed by atoms with Crippen LogP contribution in [0.4, 0.5) is 0 Å². The van der Waals surface area contributed by atoms with Crippen LogP contribution in [0.25, 0.3) is 0 Å². The Balaban J connectivity index is 2.37. The summed E-state index contributed by atoms with van der Waals surface area (Å²) in [4.78, 5) is 22.9. The first-order chi connectivity index (χ1) is 8.00. The van der Waals surface area contributed by atoms with Crippen LogP contribution in [0.15, 0.2) is 17.5 Å². The second-order valence-corrected chi connectivity index (χ2v) is 4.92. The van der Waals surface area contributed by atoms with Crippen molar-refractivity contribution in [1.29, 1.82) is 0 Å². The number of carbonyl (C=O) groups is 2. The van der Waals surface area contributed by atoms with Crippen LogP contribution in [0.2, 0.25) is 0 Å². The molecule has 0 aromatic carbocycles. The normalized spacial score (nSPS) is 14.0. The molecule has 94 valence electrons. The number of carbonyl (C=O) groups excluding carboxylic acids is 1. The summed E-state index contributed by atoms with van der Waals surface area (Å²) >= 11 is 1.42. The molecule has 0 saturated carbocycles. The molecule has 1 heterocycles. The van der Waals surface area contributed by atoms with Gasteiger partial charge >= 0.3 is 5.97 Å². The first-order valence-corrected chi connectivity index (χ1v) is 6.17. The van der Waals surface area contributed by atoms with Crippen LogP contribution in [0, 0.1) is 5.92 Å². The first-order valence-electron chi connectivity index (χ1n) is 5.29. The number of nitrogens with one attached hydrogen (secondary N) is 1. The van der Waals surface area contributed by atoms with Crippen LogP contribution in [0.3, 0.4) is 0 Å². The van der Waals surface area contributed by atoms with Crippen molar-refractivity contribution < 1.29 is 14.7 Å². The molecule has 1 amide bonds. The summed E-state index contributed by atoms with van der Waals surface area (Å²) in [5.74, 6) is -1.24. The average molecular weight is 256 g/mol. The molecule has 0 radical (unpaired) electrons. The number of aliphatic carboxylic acids is 1. The Morgan fingerprint density at radius 2 is 2.29 bits per heavy atom. The Hall–Kier alpha value is -1.40. The number of rotatable bonds is 6. The van der Waals surface area contributed by atoms with E-state index in [1.54, 1.807) is 13.0 Å². The fraction of sp³-hybridized carbons (Fsp3) is 0.455. The molecule has 6 heteroatoms. The molecule has 0 saturated heterocycles. The Morgan fingerprint density at radius 1 is 1.59 bits per heavy atom.